The molecule has 0 spiro atoms. The lowest BCUT2D eigenvalue weighted by Gasteiger charge is -2.25. The molecule has 0 amide bonds. The van der Waals surface area contributed by atoms with Gasteiger partial charge in [-0.1, -0.05) is 0 Å². The van der Waals surface area contributed by atoms with Crippen molar-refractivity contribution in [1.82, 2.24) is 14.7 Å². The van der Waals surface area contributed by atoms with Gasteiger partial charge in [-0.05, 0) is 12.1 Å². The molecule has 3 rings (SSSR count). The molecule has 0 radical (unpaired) electrons. The third-order valence-electron chi connectivity index (χ3n) is 3.05. The molecule has 1 aromatic heterocycles. The maximum absolute atomic E-state index is 12.4. The van der Waals surface area contributed by atoms with Crippen LogP contribution < -0.4 is 9.90 Å². The highest BCUT2D eigenvalue weighted by Crippen LogP contribution is 2.17. The number of ether oxygens (including phenoxy) is 1. The van der Waals surface area contributed by atoms with Gasteiger partial charge in [-0.15, -0.1) is 0 Å². The molecule has 9 nitrogen and oxygen atoms in total. The summed E-state index contributed by atoms with van der Waals surface area (Å²) in [4.78, 5) is 1.16. The average Bonchev–Trinajstić information content (AvgIpc) is 2.95. The van der Waals surface area contributed by atoms with Gasteiger partial charge in [-0.2, -0.15) is 4.31 Å². The monoisotopic (exact) mass is 312 g/mol. The highest BCUT2D eigenvalue weighted by Gasteiger charge is 2.26. The minimum absolute atomic E-state index is 0.166. The second-order valence-corrected chi connectivity index (χ2v) is 6.28. The first-order valence-corrected chi connectivity index (χ1v) is 7.63. The Morgan fingerprint density at radius 3 is 2.43 bits per heavy atom. The molecule has 112 valence electrons. The first kappa shape index (κ1) is 13.9. The lowest BCUT2D eigenvalue weighted by atomic mass is 10.3. The van der Waals surface area contributed by atoms with Crippen LogP contribution in [0.1, 0.15) is 0 Å². The lowest BCUT2D eigenvalue weighted by molar-refractivity contribution is -0.726. The second-order valence-electron chi connectivity index (χ2n) is 4.34. The molecule has 0 N–H and O–H groups in total. The van der Waals surface area contributed by atoms with Crippen molar-refractivity contribution in [2.24, 2.45) is 0 Å². The Hall–Kier alpha value is -2.04. The molecule has 2 heterocycles. The van der Waals surface area contributed by atoms with Crippen LogP contribution in [0.3, 0.4) is 0 Å². The summed E-state index contributed by atoms with van der Waals surface area (Å²) in [6, 6.07) is 5.88. The van der Waals surface area contributed by atoms with E-state index in [-0.39, 0.29) is 4.90 Å². The zero-order chi connectivity index (χ0) is 14.9. The van der Waals surface area contributed by atoms with E-state index in [1.165, 1.54) is 28.6 Å². The number of hydrogen-bond acceptors (Lipinski definition) is 7. The Morgan fingerprint density at radius 1 is 1.19 bits per heavy atom. The van der Waals surface area contributed by atoms with Crippen LogP contribution in [-0.4, -0.2) is 49.4 Å². The predicted octanol–water partition coefficient (Wildman–Crippen LogP) is -1.56. The van der Waals surface area contributed by atoms with E-state index in [9.17, 15) is 13.5 Å². The summed E-state index contributed by atoms with van der Waals surface area (Å²) < 4.78 is 35.6. The molecule has 1 fully saturated rings. The van der Waals surface area contributed by atoms with E-state index in [0.717, 1.165) is 4.80 Å². The van der Waals surface area contributed by atoms with Crippen LogP contribution in [0, 0.1) is 0 Å². The van der Waals surface area contributed by atoms with Crippen molar-refractivity contribution in [3.05, 3.63) is 24.3 Å². The van der Waals surface area contributed by atoms with Crippen molar-refractivity contribution < 1.29 is 27.6 Å². The number of aromatic nitrogens is 3. The molecule has 1 saturated heterocycles. The minimum atomic E-state index is -3.54. The summed E-state index contributed by atoms with van der Waals surface area (Å²) in [6.07, 6.45) is -0.819. The summed E-state index contributed by atoms with van der Waals surface area (Å²) in [7, 11) is -3.54. The molecule has 1 aliphatic rings. The molecule has 0 unspecified atom stereocenters. The zero-order valence-corrected chi connectivity index (χ0v) is 11.7. The molecule has 0 bridgehead atoms. The Bertz CT molecular complexity index is 721. The van der Waals surface area contributed by atoms with Crippen molar-refractivity contribution in [2.45, 2.75) is 4.90 Å². The standard InChI is InChI=1S/C11H12N4O5S/c16-11-12-15(13-20-11)9-1-3-10(4-2-9)21(17,18)14-5-7-19-8-6-14/h1-4H,5-8H2. The van der Waals surface area contributed by atoms with Crippen molar-refractivity contribution in [2.75, 3.05) is 26.3 Å². The van der Waals surface area contributed by atoms with Crippen LogP contribution in [0.4, 0.5) is 0 Å². The maximum Gasteiger partial charge on any atom is 0.269 e. The van der Waals surface area contributed by atoms with Gasteiger partial charge in [0.25, 0.3) is 5.69 Å². The van der Waals surface area contributed by atoms with Gasteiger partial charge in [0.15, 0.2) is 0 Å². The van der Waals surface area contributed by atoms with Gasteiger partial charge in [0, 0.05) is 25.2 Å². The normalized spacial score (nSPS) is 17.0. The van der Waals surface area contributed by atoms with Crippen molar-refractivity contribution in [1.29, 1.82) is 0 Å². The largest absolute Gasteiger partial charge is 0.523 e. The minimum Gasteiger partial charge on any atom is -0.523 e. The van der Waals surface area contributed by atoms with E-state index in [4.69, 9.17) is 4.74 Å². The van der Waals surface area contributed by atoms with E-state index in [2.05, 4.69) is 14.9 Å². The summed E-state index contributed by atoms with van der Waals surface area (Å²) in [5, 5.41) is 17.7. The Morgan fingerprint density at radius 2 is 1.86 bits per heavy atom. The Balaban J connectivity index is 1.86. The second kappa shape index (κ2) is 5.39. The first-order chi connectivity index (χ1) is 10.1. The van der Waals surface area contributed by atoms with E-state index in [1.807, 2.05) is 0 Å². The molecule has 1 aliphatic heterocycles. The van der Waals surface area contributed by atoms with Gasteiger partial charge in [0.1, 0.15) is 5.27 Å². The van der Waals surface area contributed by atoms with Gasteiger partial charge in [0.05, 0.1) is 28.0 Å². The van der Waals surface area contributed by atoms with Crippen LogP contribution in [0.5, 0.6) is 6.08 Å². The van der Waals surface area contributed by atoms with Crippen molar-refractivity contribution in [3.8, 4) is 11.8 Å². The van der Waals surface area contributed by atoms with E-state index in [0.29, 0.717) is 32.0 Å². The molecule has 1 aromatic carbocycles. The van der Waals surface area contributed by atoms with Crippen LogP contribution in [0.15, 0.2) is 33.7 Å². The van der Waals surface area contributed by atoms with Crippen LogP contribution in [0.2, 0.25) is 0 Å². The average molecular weight is 312 g/mol. The van der Waals surface area contributed by atoms with Gasteiger partial charge in [-0.25, -0.2) is 8.42 Å². The van der Waals surface area contributed by atoms with Crippen LogP contribution >= 0.6 is 0 Å². The lowest BCUT2D eigenvalue weighted by Crippen LogP contribution is -2.40. The fourth-order valence-corrected chi connectivity index (χ4v) is 3.39. The highest BCUT2D eigenvalue weighted by atomic mass is 32.2. The summed E-state index contributed by atoms with van der Waals surface area (Å²) in [5.74, 6) is 0. The molecule has 10 heteroatoms. The fourth-order valence-electron chi connectivity index (χ4n) is 1.98. The molecule has 2 aromatic rings. The molecule has 0 saturated carbocycles. The van der Waals surface area contributed by atoms with E-state index in [1.54, 1.807) is 0 Å². The molecule has 0 atom stereocenters. The summed E-state index contributed by atoms with van der Waals surface area (Å²) in [6.45, 7) is 1.46. The van der Waals surface area contributed by atoms with E-state index < -0.39 is 16.1 Å². The maximum atomic E-state index is 12.4. The topological polar surface area (TPSA) is 112 Å². The van der Waals surface area contributed by atoms with Crippen LogP contribution in [-0.2, 0) is 14.8 Å². The highest BCUT2D eigenvalue weighted by molar-refractivity contribution is 7.89. The summed E-state index contributed by atoms with van der Waals surface area (Å²) in [5.41, 5.74) is 0.432. The Kier molecular flexibility index (Phi) is 3.57. The number of morpholine rings is 1. The summed E-state index contributed by atoms with van der Waals surface area (Å²) >= 11 is 0. The van der Waals surface area contributed by atoms with E-state index >= 15 is 0 Å². The Labute approximate surface area is 120 Å². The SMILES string of the molecule is O=S(=O)(c1ccc(-[n+]2noc([O-])n2)cc1)N1CCOCC1. The van der Waals surface area contributed by atoms with Gasteiger partial charge in [0.2, 0.25) is 16.1 Å². The number of rotatable bonds is 3. The van der Waals surface area contributed by atoms with Crippen molar-refractivity contribution in [3.63, 3.8) is 0 Å². The molecule has 21 heavy (non-hydrogen) atoms. The number of nitrogens with zero attached hydrogens (tertiary/aromatic N) is 4. The number of hydrogen-bond donors (Lipinski definition) is 0. The molecular formula is C11H12N4O5S. The molecular weight excluding hydrogens is 300 g/mol. The first-order valence-electron chi connectivity index (χ1n) is 6.19. The fraction of sp³-hybridized carbons (Fsp3) is 0.364. The number of benzene rings is 1. The predicted molar refractivity (Wildman–Crippen MR) is 64.9 cm³/mol. The third-order valence-corrected chi connectivity index (χ3v) is 4.96. The molecule has 0 aliphatic carbocycles. The smallest absolute Gasteiger partial charge is 0.269 e. The zero-order valence-electron chi connectivity index (χ0n) is 10.9. The van der Waals surface area contributed by atoms with Gasteiger partial charge < -0.3 is 14.4 Å². The quantitative estimate of drug-likeness (QED) is 0.630. The van der Waals surface area contributed by atoms with Gasteiger partial charge >= 0.3 is 0 Å². The van der Waals surface area contributed by atoms with Crippen LogP contribution in [0.25, 0.3) is 5.69 Å². The van der Waals surface area contributed by atoms with Gasteiger partial charge in [-0.3, -0.25) is 0 Å². The van der Waals surface area contributed by atoms with Crippen molar-refractivity contribution >= 4 is 10.0 Å². The number of sulfonamides is 1. The third kappa shape index (κ3) is 2.73.